The van der Waals surface area contributed by atoms with Crippen LogP contribution in [0.1, 0.15) is 22.2 Å². The molecule has 0 fully saturated rings. The van der Waals surface area contributed by atoms with Crippen molar-refractivity contribution >= 4 is 50.8 Å². The minimum Gasteiger partial charge on any atom is 0 e. The second-order valence-corrected chi connectivity index (χ2v) is 28.5. The number of nitrogens with zero attached hydrogens (tertiary/aromatic N) is 4. The maximum absolute atomic E-state index is 14.0. The normalized spacial score (nSPS) is 12.1. The van der Waals surface area contributed by atoms with Crippen LogP contribution in [0.5, 0.6) is 0 Å². The number of pyridine rings is 2. The molecule has 1 radical (unpaired) electrons. The van der Waals surface area contributed by atoms with Crippen molar-refractivity contribution in [2.75, 3.05) is 0 Å². The largest absolute Gasteiger partial charge is 0 e. The van der Waals surface area contributed by atoms with E-state index < -0.39 is 19.6 Å². The van der Waals surface area contributed by atoms with E-state index in [2.05, 4.69) is 93.5 Å². The van der Waals surface area contributed by atoms with Gasteiger partial charge in [0.2, 0.25) is 0 Å². The van der Waals surface area contributed by atoms with E-state index in [0.29, 0.717) is 22.6 Å². The van der Waals surface area contributed by atoms with Crippen LogP contribution in [-0.2, 0) is 26.5 Å². The van der Waals surface area contributed by atoms with Gasteiger partial charge < -0.3 is 8.98 Å². The molecule has 0 amide bonds. The van der Waals surface area contributed by atoms with Gasteiger partial charge in [-0.25, -0.2) is 4.39 Å². The van der Waals surface area contributed by atoms with Gasteiger partial charge in [-0.3, -0.25) is 9.97 Å². The van der Waals surface area contributed by atoms with Crippen LogP contribution in [0.15, 0.2) is 193 Å². The first-order chi connectivity index (χ1) is 33.3. The van der Waals surface area contributed by atoms with Crippen molar-refractivity contribution in [3.63, 3.8) is 0 Å². The van der Waals surface area contributed by atoms with Crippen LogP contribution in [0.3, 0.4) is 0 Å². The molecule has 5 nitrogen and oxygen atoms in total. The Kier molecular flexibility index (Phi) is 12.8. The van der Waals surface area contributed by atoms with Crippen molar-refractivity contribution in [2.24, 2.45) is 5.92 Å². The molecular formula is C60H49FGeIrN4O-2. The molecule has 0 aliphatic heterocycles. The van der Waals surface area contributed by atoms with E-state index in [0.717, 1.165) is 82.2 Å². The van der Waals surface area contributed by atoms with Crippen molar-refractivity contribution in [2.45, 2.75) is 37.5 Å². The fourth-order valence-electron chi connectivity index (χ4n) is 8.57. The van der Waals surface area contributed by atoms with Gasteiger partial charge in [-0.05, 0) is 64.5 Å². The monoisotopic (exact) mass is 1130 g/mol. The van der Waals surface area contributed by atoms with Crippen molar-refractivity contribution in [1.29, 1.82) is 0 Å². The van der Waals surface area contributed by atoms with E-state index in [9.17, 15) is 4.39 Å². The number of fused-ring (bicyclic) bond motifs is 4. The fourth-order valence-corrected chi connectivity index (χ4v) is 11.5. The third-order valence-corrected chi connectivity index (χ3v) is 16.0. The van der Waals surface area contributed by atoms with E-state index in [1.54, 1.807) is 12.1 Å². The maximum Gasteiger partial charge on any atom is 0 e. The third kappa shape index (κ3) is 9.52. The second kappa shape index (κ2) is 19.8. The standard InChI is InChI=1S/C42H25FN3O.C18H24GeN.Ir/c43-32-19-15-30(16-20-32)34-23-24-35(41-39(34)40-38(47-41)25-31(26-44-40)28-11-5-2-6-12-28)42-45-36-13-7-8-14-37(36)46(42)33-21-17-29(18-22-33)27-9-3-1-4-10-27;1-14(2)11-16-12-18(15-9-7-6-8-10-15)20-13-17(16)19(3,4)5;/h1-23,25-26H;6-9,12-14H,11H2,1-5H3;/q2*-1;/i;11D2;. The molecule has 11 aromatic rings. The first-order valence-corrected chi connectivity index (χ1v) is 29.9. The molecule has 0 saturated heterocycles. The molecule has 0 unspecified atom stereocenters. The van der Waals surface area contributed by atoms with Crippen molar-refractivity contribution in [3.05, 3.63) is 212 Å². The van der Waals surface area contributed by atoms with Crippen LogP contribution in [0, 0.1) is 23.9 Å². The predicted octanol–water partition coefficient (Wildman–Crippen LogP) is 15.2. The van der Waals surface area contributed by atoms with Gasteiger partial charge in [0.05, 0.1) is 28.0 Å². The number of para-hydroxylation sites is 2. The zero-order chi connectivity index (χ0) is 47.9. The Hall–Kier alpha value is -6.77. The molecule has 0 spiro atoms. The molecule has 68 heavy (non-hydrogen) atoms. The van der Waals surface area contributed by atoms with Crippen LogP contribution in [0.2, 0.25) is 17.3 Å². The summed E-state index contributed by atoms with van der Waals surface area (Å²) in [5.74, 6) is 7.18. The number of halogens is 1. The summed E-state index contributed by atoms with van der Waals surface area (Å²) in [4.78, 5) is 14.7. The van der Waals surface area contributed by atoms with Crippen LogP contribution in [-0.4, -0.2) is 32.8 Å². The number of hydrogen-bond acceptors (Lipinski definition) is 4. The average Bonchev–Trinajstić information content (AvgIpc) is 3.96. The average molecular weight is 1130 g/mol. The Morgan fingerprint density at radius 3 is 2.01 bits per heavy atom. The van der Waals surface area contributed by atoms with E-state index >= 15 is 0 Å². The van der Waals surface area contributed by atoms with Gasteiger partial charge in [0, 0.05) is 37.6 Å². The number of imidazole rings is 1. The zero-order valence-corrected chi connectivity index (χ0v) is 42.9. The van der Waals surface area contributed by atoms with Crippen LogP contribution in [0.25, 0.3) is 94.8 Å². The maximum atomic E-state index is 14.0. The van der Waals surface area contributed by atoms with Crippen LogP contribution in [0.4, 0.5) is 4.39 Å². The molecule has 0 saturated carbocycles. The fraction of sp³-hybridized carbons (Fsp3) is 0.117. The Morgan fingerprint density at radius 2 is 1.34 bits per heavy atom. The van der Waals surface area contributed by atoms with E-state index in [4.69, 9.17) is 17.1 Å². The van der Waals surface area contributed by atoms with E-state index in [1.807, 2.05) is 123 Å². The summed E-state index contributed by atoms with van der Waals surface area (Å²) in [7, 11) is 0. The molecule has 11 rings (SSSR count). The molecule has 0 N–H and O–H groups in total. The topological polar surface area (TPSA) is 56.7 Å². The molecule has 0 bridgehead atoms. The SMILES string of the molecule is Fc1ccc(-c2c[c-]c(-c3nc4ccccc4n3-c3ccc(-c4ccccc4)cc3)c3oc4cc(-c5ccccc5)cnc4c23)cc1.[2H]C([2H])(c1cc(-c2[c-]cccc2)nc[c]1[Ge]([CH3])([CH3])[CH3])C(C)C.[Ir]. The third-order valence-electron chi connectivity index (χ3n) is 11.8. The Morgan fingerprint density at radius 1 is 0.691 bits per heavy atom. The molecule has 0 atom stereocenters. The smallest absolute Gasteiger partial charge is 0 e. The van der Waals surface area contributed by atoms with E-state index in [1.165, 1.54) is 12.1 Å². The van der Waals surface area contributed by atoms with Gasteiger partial charge in [-0.1, -0.05) is 114 Å². The van der Waals surface area contributed by atoms with Gasteiger partial charge in [0.15, 0.2) is 0 Å². The van der Waals surface area contributed by atoms with Gasteiger partial charge in [-0.2, -0.15) is 0 Å². The number of rotatable bonds is 9. The van der Waals surface area contributed by atoms with Gasteiger partial charge in [0.1, 0.15) is 11.4 Å². The van der Waals surface area contributed by atoms with Crippen LogP contribution < -0.4 is 4.40 Å². The van der Waals surface area contributed by atoms with Crippen molar-refractivity contribution in [3.8, 4) is 61.7 Å². The first kappa shape index (κ1) is 43.8. The molecule has 8 heteroatoms. The predicted molar refractivity (Wildman–Crippen MR) is 277 cm³/mol. The molecule has 4 heterocycles. The van der Waals surface area contributed by atoms with Gasteiger partial charge >= 0.3 is 128 Å². The Labute approximate surface area is 416 Å². The minimum absolute atomic E-state index is 0. The van der Waals surface area contributed by atoms with E-state index in [-0.39, 0.29) is 31.8 Å². The first-order valence-electron chi connectivity index (χ1n) is 23.6. The van der Waals surface area contributed by atoms with Crippen molar-refractivity contribution < 1.29 is 31.7 Å². The summed E-state index contributed by atoms with van der Waals surface area (Å²) in [5.41, 5.74) is 14.1. The molecule has 0 aliphatic carbocycles. The minimum atomic E-state index is -2.20. The summed E-state index contributed by atoms with van der Waals surface area (Å²) >= 11 is -2.20. The number of benzene rings is 7. The van der Waals surface area contributed by atoms with Gasteiger partial charge in [0.25, 0.3) is 0 Å². The molecule has 4 aromatic heterocycles. The molecule has 0 aliphatic rings. The summed E-state index contributed by atoms with van der Waals surface area (Å²) in [6.07, 6.45) is 2.44. The Balaban J connectivity index is 0.000000224. The van der Waals surface area contributed by atoms with Crippen LogP contribution >= 0.6 is 0 Å². The van der Waals surface area contributed by atoms with Gasteiger partial charge in [-0.15, -0.1) is 12.1 Å². The number of aromatic nitrogens is 4. The summed E-state index contributed by atoms with van der Waals surface area (Å²) < 4.78 is 41.1. The summed E-state index contributed by atoms with van der Waals surface area (Å²) in [5, 5.41) is 0.831. The Bertz CT molecular complexity index is 3600. The summed E-state index contributed by atoms with van der Waals surface area (Å²) in [6, 6.07) is 63.9. The number of hydrogen-bond donors (Lipinski definition) is 0. The zero-order valence-electron chi connectivity index (χ0n) is 40.4. The molecule has 337 valence electrons. The molecule has 7 aromatic carbocycles. The second-order valence-electron chi connectivity index (χ2n) is 17.9. The number of furan rings is 1. The quantitative estimate of drug-likeness (QED) is 0.107. The van der Waals surface area contributed by atoms with Crippen molar-refractivity contribution in [1.82, 2.24) is 19.5 Å². The molecular weight excluding hydrogens is 1080 g/mol. The summed E-state index contributed by atoms with van der Waals surface area (Å²) in [6.45, 7) is 3.88.